The second-order valence-corrected chi connectivity index (χ2v) is 7.55. The summed E-state index contributed by atoms with van der Waals surface area (Å²) >= 11 is 6.50. The molecule has 0 bridgehead atoms. The highest BCUT2D eigenvalue weighted by molar-refractivity contribution is 6.20. The molecular formula is C21H22ClN3O. The van der Waals surface area contributed by atoms with E-state index in [-0.39, 0.29) is 11.3 Å². The third-order valence-corrected chi connectivity index (χ3v) is 5.62. The molecule has 4 nitrogen and oxygen atoms in total. The minimum absolute atomic E-state index is 0.220. The van der Waals surface area contributed by atoms with E-state index in [4.69, 9.17) is 16.9 Å². The van der Waals surface area contributed by atoms with E-state index in [2.05, 4.69) is 16.3 Å². The first-order chi connectivity index (χ1) is 12.6. The van der Waals surface area contributed by atoms with E-state index in [1.807, 2.05) is 24.3 Å². The Labute approximate surface area is 159 Å². The van der Waals surface area contributed by atoms with Crippen molar-refractivity contribution in [2.75, 3.05) is 0 Å². The molecule has 1 fully saturated rings. The summed E-state index contributed by atoms with van der Waals surface area (Å²) in [5, 5.41) is 17.3. The predicted octanol–water partition coefficient (Wildman–Crippen LogP) is 4.73. The minimum atomic E-state index is -0.252. The van der Waals surface area contributed by atoms with Crippen LogP contribution in [0.25, 0.3) is 0 Å². The van der Waals surface area contributed by atoms with E-state index in [0.29, 0.717) is 23.7 Å². The molecular weight excluding hydrogens is 346 g/mol. The SMILES string of the molecule is CC(=O)C1CCC(c2ccc(C(Cl)Cc3ccc(C#N)cc3)nn2)CC1. The molecule has 0 N–H and O–H groups in total. The number of carbonyl (C=O) groups is 1. The number of benzene rings is 1. The fraction of sp³-hybridized carbons (Fsp3) is 0.429. The lowest BCUT2D eigenvalue weighted by atomic mass is 9.79. The quantitative estimate of drug-likeness (QED) is 0.716. The van der Waals surface area contributed by atoms with Crippen molar-refractivity contribution in [2.24, 2.45) is 5.92 Å². The molecule has 1 aliphatic carbocycles. The lowest BCUT2D eigenvalue weighted by Crippen LogP contribution is -2.19. The number of nitriles is 1. The van der Waals surface area contributed by atoms with Gasteiger partial charge in [-0.15, -0.1) is 11.6 Å². The minimum Gasteiger partial charge on any atom is -0.300 e. The number of hydrogen-bond acceptors (Lipinski definition) is 4. The second kappa shape index (κ2) is 8.42. The predicted molar refractivity (Wildman–Crippen MR) is 101 cm³/mol. The van der Waals surface area contributed by atoms with Crippen molar-refractivity contribution in [1.82, 2.24) is 10.2 Å². The van der Waals surface area contributed by atoms with E-state index >= 15 is 0 Å². The van der Waals surface area contributed by atoms with Crippen LogP contribution in [0.5, 0.6) is 0 Å². The van der Waals surface area contributed by atoms with Crippen LogP contribution < -0.4 is 0 Å². The zero-order valence-electron chi connectivity index (χ0n) is 14.9. The molecule has 1 atom stereocenters. The van der Waals surface area contributed by atoms with Gasteiger partial charge in [-0.1, -0.05) is 12.1 Å². The van der Waals surface area contributed by atoms with Crippen molar-refractivity contribution in [3.05, 3.63) is 58.9 Å². The summed E-state index contributed by atoms with van der Waals surface area (Å²) < 4.78 is 0. The average Bonchev–Trinajstić information content (AvgIpc) is 2.69. The van der Waals surface area contributed by atoms with Gasteiger partial charge in [0, 0.05) is 11.8 Å². The lowest BCUT2D eigenvalue weighted by Gasteiger charge is -2.26. The summed E-state index contributed by atoms with van der Waals surface area (Å²) in [6.45, 7) is 1.69. The molecule has 0 amide bonds. The number of nitrogens with zero attached hydrogens (tertiary/aromatic N) is 3. The molecule has 1 saturated carbocycles. The summed E-state index contributed by atoms with van der Waals surface area (Å²) in [7, 11) is 0. The summed E-state index contributed by atoms with van der Waals surface area (Å²) in [5.74, 6) is 0.912. The number of Topliss-reactive ketones (excluding diaryl/α,β-unsaturated/α-hetero) is 1. The van der Waals surface area contributed by atoms with E-state index in [9.17, 15) is 4.79 Å². The maximum absolute atomic E-state index is 11.5. The van der Waals surface area contributed by atoms with Gasteiger partial charge in [-0.25, -0.2) is 0 Å². The van der Waals surface area contributed by atoms with Crippen molar-refractivity contribution in [3.8, 4) is 6.07 Å². The molecule has 2 aromatic rings. The van der Waals surface area contributed by atoms with Crippen LogP contribution in [0.15, 0.2) is 36.4 Å². The fourth-order valence-corrected chi connectivity index (χ4v) is 3.85. The molecule has 1 heterocycles. The first-order valence-corrected chi connectivity index (χ1v) is 9.47. The van der Waals surface area contributed by atoms with Gasteiger partial charge < -0.3 is 0 Å². The largest absolute Gasteiger partial charge is 0.300 e. The molecule has 0 radical (unpaired) electrons. The highest BCUT2D eigenvalue weighted by Crippen LogP contribution is 2.35. The van der Waals surface area contributed by atoms with E-state index in [1.54, 1.807) is 19.1 Å². The third kappa shape index (κ3) is 4.47. The Morgan fingerprint density at radius 1 is 1.15 bits per heavy atom. The van der Waals surface area contributed by atoms with E-state index in [0.717, 1.165) is 42.6 Å². The monoisotopic (exact) mass is 367 g/mol. The summed E-state index contributed by atoms with van der Waals surface area (Å²) in [5.41, 5.74) is 3.47. The standard InChI is InChI=1S/C21H22ClN3O/c1-14(26)17-6-8-18(9-7-17)20-10-11-21(25-24-20)19(22)12-15-2-4-16(13-23)5-3-15/h2-5,10-11,17-19H,6-9,12H2,1H3. The zero-order valence-corrected chi connectivity index (χ0v) is 15.6. The van der Waals surface area contributed by atoms with Crippen LogP contribution in [0.1, 0.15) is 66.4 Å². The van der Waals surface area contributed by atoms with E-state index in [1.165, 1.54) is 0 Å². The zero-order chi connectivity index (χ0) is 18.5. The second-order valence-electron chi connectivity index (χ2n) is 7.02. The van der Waals surface area contributed by atoms with Gasteiger partial charge in [-0.05, 0) is 68.9 Å². The van der Waals surface area contributed by atoms with Gasteiger partial charge in [0.15, 0.2) is 0 Å². The Morgan fingerprint density at radius 2 is 1.85 bits per heavy atom. The van der Waals surface area contributed by atoms with Gasteiger partial charge in [-0.2, -0.15) is 15.5 Å². The van der Waals surface area contributed by atoms with Gasteiger partial charge in [0.1, 0.15) is 5.78 Å². The van der Waals surface area contributed by atoms with Gasteiger partial charge in [-0.3, -0.25) is 4.79 Å². The number of ketones is 1. The maximum Gasteiger partial charge on any atom is 0.132 e. The summed E-state index contributed by atoms with van der Waals surface area (Å²) in [4.78, 5) is 11.5. The molecule has 3 rings (SSSR count). The van der Waals surface area contributed by atoms with Crippen LogP contribution >= 0.6 is 11.6 Å². The molecule has 134 valence electrons. The number of rotatable bonds is 5. The number of aromatic nitrogens is 2. The summed E-state index contributed by atoms with van der Waals surface area (Å²) in [6, 6.07) is 13.5. The molecule has 1 aliphatic rings. The molecule has 5 heteroatoms. The lowest BCUT2D eigenvalue weighted by molar-refractivity contribution is -0.121. The molecule has 1 aromatic carbocycles. The Kier molecular flexibility index (Phi) is 6.00. The van der Waals surface area contributed by atoms with Crippen LogP contribution in [0.3, 0.4) is 0 Å². The first-order valence-electron chi connectivity index (χ1n) is 9.04. The van der Waals surface area contributed by atoms with Gasteiger partial charge in [0.05, 0.1) is 28.4 Å². The number of alkyl halides is 1. The van der Waals surface area contributed by atoms with Gasteiger partial charge >= 0.3 is 0 Å². The number of carbonyl (C=O) groups excluding carboxylic acids is 1. The Balaban J connectivity index is 1.60. The van der Waals surface area contributed by atoms with Crippen molar-refractivity contribution < 1.29 is 4.79 Å². The van der Waals surface area contributed by atoms with Crippen molar-refractivity contribution >= 4 is 17.4 Å². The Bertz CT molecular complexity index is 788. The topological polar surface area (TPSA) is 66.6 Å². The smallest absolute Gasteiger partial charge is 0.132 e. The van der Waals surface area contributed by atoms with Gasteiger partial charge in [0.25, 0.3) is 0 Å². The van der Waals surface area contributed by atoms with Crippen molar-refractivity contribution in [1.29, 1.82) is 5.26 Å². The molecule has 26 heavy (non-hydrogen) atoms. The molecule has 0 saturated heterocycles. The van der Waals surface area contributed by atoms with Crippen LogP contribution in [0.4, 0.5) is 0 Å². The molecule has 0 aliphatic heterocycles. The molecule has 0 spiro atoms. The number of halogens is 1. The number of hydrogen-bond donors (Lipinski definition) is 0. The Morgan fingerprint density at radius 3 is 2.38 bits per heavy atom. The molecule has 1 unspecified atom stereocenters. The molecule has 1 aromatic heterocycles. The summed E-state index contributed by atoms with van der Waals surface area (Å²) in [6.07, 6.45) is 4.52. The van der Waals surface area contributed by atoms with Crippen LogP contribution in [0.2, 0.25) is 0 Å². The Hall–Kier alpha value is -2.25. The van der Waals surface area contributed by atoms with E-state index < -0.39 is 0 Å². The highest BCUT2D eigenvalue weighted by atomic mass is 35.5. The maximum atomic E-state index is 11.5. The normalized spacial score (nSPS) is 21.0. The third-order valence-electron chi connectivity index (χ3n) is 5.25. The van der Waals surface area contributed by atoms with Crippen LogP contribution in [0, 0.1) is 17.2 Å². The van der Waals surface area contributed by atoms with Gasteiger partial charge in [0.2, 0.25) is 0 Å². The van der Waals surface area contributed by atoms with Crippen molar-refractivity contribution in [2.45, 2.75) is 50.3 Å². The van der Waals surface area contributed by atoms with Crippen LogP contribution in [-0.2, 0) is 11.2 Å². The van der Waals surface area contributed by atoms with Crippen molar-refractivity contribution in [3.63, 3.8) is 0 Å². The fourth-order valence-electron chi connectivity index (χ4n) is 3.56. The highest BCUT2D eigenvalue weighted by Gasteiger charge is 2.26. The van der Waals surface area contributed by atoms with Crippen LogP contribution in [-0.4, -0.2) is 16.0 Å². The first kappa shape index (κ1) is 18.5. The average molecular weight is 368 g/mol.